The van der Waals surface area contributed by atoms with Crippen LogP contribution in [0, 0.1) is 0 Å². The highest BCUT2D eigenvalue weighted by Gasteiger charge is 2.25. The summed E-state index contributed by atoms with van der Waals surface area (Å²) in [6.45, 7) is 6.18. The van der Waals surface area contributed by atoms with Crippen LogP contribution in [0.1, 0.15) is 39.0 Å². The van der Waals surface area contributed by atoms with Gasteiger partial charge in [0.05, 0.1) is 6.04 Å². The molecule has 2 aliphatic rings. The van der Waals surface area contributed by atoms with Crippen molar-refractivity contribution in [3.63, 3.8) is 0 Å². The Morgan fingerprint density at radius 1 is 1.17 bits per heavy atom. The van der Waals surface area contributed by atoms with E-state index in [0.29, 0.717) is 11.9 Å². The molecule has 0 bridgehead atoms. The van der Waals surface area contributed by atoms with Crippen LogP contribution in [-0.2, 0) is 4.79 Å². The van der Waals surface area contributed by atoms with E-state index in [1.165, 1.54) is 38.6 Å². The van der Waals surface area contributed by atoms with Crippen molar-refractivity contribution in [3.8, 4) is 0 Å². The first-order valence-corrected chi connectivity index (χ1v) is 7.40. The molecule has 0 aliphatic carbocycles. The van der Waals surface area contributed by atoms with Crippen molar-refractivity contribution < 1.29 is 4.79 Å². The predicted octanol–water partition coefficient (Wildman–Crippen LogP) is 1.07. The molecule has 0 radical (unpaired) electrons. The fraction of sp³-hybridized carbons (Fsp3) is 0.929. The Hall–Kier alpha value is -0.610. The fourth-order valence-corrected chi connectivity index (χ4v) is 3.12. The second-order valence-electron chi connectivity index (χ2n) is 5.88. The molecule has 0 aromatic carbocycles. The van der Waals surface area contributed by atoms with Crippen LogP contribution in [-0.4, -0.2) is 61.0 Å². The molecule has 0 aromatic heterocycles. The number of nitrogens with one attached hydrogen (secondary N) is 1. The second kappa shape index (κ2) is 6.53. The van der Waals surface area contributed by atoms with Gasteiger partial charge in [-0.1, -0.05) is 0 Å². The summed E-state index contributed by atoms with van der Waals surface area (Å²) in [5.74, 6) is 0.294. The number of piperidine rings is 2. The highest BCUT2D eigenvalue weighted by molar-refractivity contribution is 5.81. The fourth-order valence-electron chi connectivity index (χ4n) is 3.12. The number of rotatable bonds is 3. The predicted molar refractivity (Wildman–Crippen MR) is 73.5 cm³/mol. The van der Waals surface area contributed by atoms with Gasteiger partial charge in [0.15, 0.2) is 0 Å². The standard InChI is InChI=1S/C14H27N3O/c1-12(14(18)17-9-4-3-5-10-17)15-13-7-6-8-16(2)11-13/h12-13,15H,3-11H2,1-2H3. The number of likely N-dealkylation sites (tertiary alicyclic amines) is 2. The molecule has 0 aromatic rings. The number of hydrogen-bond donors (Lipinski definition) is 1. The number of nitrogens with zero attached hydrogens (tertiary/aromatic N) is 2. The van der Waals surface area contributed by atoms with Crippen molar-refractivity contribution in [2.45, 2.75) is 51.1 Å². The van der Waals surface area contributed by atoms with Gasteiger partial charge in [-0.25, -0.2) is 0 Å². The van der Waals surface area contributed by atoms with Crippen molar-refractivity contribution in [2.75, 3.05) is 33.2 Å². The maximum absolute atomic E-state index is 12.3. The van der Waals surface area contributed by atoms with E-state index < -0.39 is 0 Å². The smallest absolute Gasteiger partial charge is 0.239 e. The Balaban J connectivity index is 1.79. The quantitative estimate of drug-likeness (QED) is 0.817. The van der Waals surface area contributed by atoms with Gasteiger partial charge in [0.1, 0.15) is 0 Å². The van der Waals surface area contributed by atoms with Crippen molar-refractivity contribution in [1.82, 2.24) is 15.1 Å². The molecule has 2 saturated heterocycles. The molecule has 2 aliphatic heterocycles. The van der Waals surface area contributed by atoms with Gasteiger partial charge in [0, 0.05) is 25.7 Å². The molecular formula is C14H27N3O. The van der Waals surface area contributed by atoms with Crippen LogP contribution in [0.15, 0.2) is 0 Å². The third kappa shape index (κ3) is 3.69. The van der Waals surface area contributed by atoms with Gasteiger partial charge in [0.2, 0.25) is 5.91 Å². The van der Waals surface area contributed by atoms with Crippen LogP contribution in [0.4, 0.5) is 0 Å². The normalized spacial score (nSPS) is 28.1. The molecule has 1 amide bonds. The minimum Gasteiger partial charge on any atom is -0.341 e. The molecule has 1 N–H and O–H groups in total. The van der Waals surface area contributed by atoms with Crippen molar-refractivity contribution in [3.05, 3.63) is 0 Å². The number of hydrogen-bond acceptors (Lipinski definition) is 3. The zero-order chi connectivity index (χ0) is 13.0. The van der Waals surface area contributed by atoms with Crippen LogP contribution < -0.4 is 5.32 Å². The van der Waals surface area contributed by atoms with E-state index in [-0.39, 0.29) is 6.04 Å². The summed E-state index contributed by atoms with van der Waals surface area (Å²) in [5.41, 5.74) is 0. The zero-order valence-electron chi connectivity index (χ0n) is 11.8. The topological polar surface area (TPSA) is 35.6 Å². The molecule has 18 heavy (non-hydrogen) atoms. The highest BCUT2D eigenvalue weighted by atomic mass is 16.2. The Bertz CT molecular complexity index is 276. The second-order valence-corrected chi connectivity index (χ2v) is 5.88. The lowest BCUT2D eigenvalue weighted by Gasteiger charge is -2.34. The van der Waals surface area contributed by atoms with Crippen LogP contribution in [0.5, 0.6) is 0 Å². The van der Waals surface area contributed by atoms with Crippen LogP contribution >= 0.6 is 0 Å². The maximum Gasteiger partial charge on any atom is 0.239 e. The van der Waals surface area contributed by atoms with Gasteiger partial charge >= 0.3 is 0 Å². The molecule has 104 valence electrons. The summed E-state index contributed by atoms with van der Waals surface area (Å²) in [5, 5.41) is 3.51. The molecule has 4 heteroatoms. The monoisotopic (exact) mass is 253 g/mol. The van der Waals surface area contributed by atoms with E-state index in [1.807, 2.05) is 11.8 Å². The Labute approximate surface area is 111 Å². The molecule has 0 spiro atoms. The molecule has 2 unspecified atom stereocenters. The molecule has 2 atom stereocenters. The van der Waals surface area contributed by atoms with E-state index in [4.69, 9.17) is 0 Å². The number of likely N-dealkylation sites (N-methyl/N-ethyl adjacent to an activating group) is 1. The first kappa shape index (κ1) is 13.8. The summed E-state index contributed by atoms with van der Waals surface area (Å²) in [6.07, 6.45) is 6.05. The average molecular weight is 253 g/mol. The van der Waals surface area contributed by atoms with E-state index in [9.17, 15) is 4.79 Å². The van der Waals surface area contributed by atoms with E-state index in [1.54, 1.807) is 0 Å². The Kier molecular flexibility index (Phi) is 5.01. The molecule has 2 fully saturated rings. The lowest BCUT2D eigenvalue weighted by molar-refractivity contribution is -0.134. The third-order valence-electron chi connectivity index (χ3n) is 4.15. The summed E-state index contributed by atoms with van der Waals surface area (Å²) < 4.78 is 0. The summed E-state index contributed by atoms with van der Waals surface area (Å²) in [7, 11) is 2.16. The summed E-state index contributed by atoms with van der Waals surface area (Å²) in [6, 6.07) is 0.451. The van der Waals surface area contributed by atoms with E-state index in [0.717, 1.165) is 19.6 Å². The highest BCUT2D eigenvalue weighted by Crippen LogP contribution is 2.12. The van der Waals surface area contributed by atoms with Gasteiger partial charge in [-0.05, 0) is 52.6 Å². The van der Waals surface area contributed by atoms with Gasteiger partial charge in [-0.15, -0.1) is 0 Å². The Morgan fingerprint density at radius 2 is 1.89 bits per heavy atom. The minimum atomic E-state index is -0.0281. The lowest BCUT2D eigenvalue weighted by atomic mass is 10.0. The molecule has 0 saturated carbocycles. The summed E-state index contributed by atoms with van der Waals surface area (Å²) >= 11 is 0. The van der Waals surface area contributed by atoms with Crippen LogP contribution in [0.2, 0.25) is 0 Å². The number of carbonyl (C=O) groups is 1. The van der Waals surface area contributed by atoms with Crippen molar-refractivity contribution in [1.29, 1.82) is 0 Å². The van der Waals surface area contributed by atoms with Gasteiger partial charge in [0.25, 0.3) is 0 Å². The third-order valence-corrected chi connectivity index (χ3v) is 4.15. The minimum absolute atomic E-state index is 0.0281. The SMILES string of the molecule is CC(NC1CCCN(C)C1)C(=O)N1CCCCC1. The molecular weight excluding hydrogens is 226 g/mol. The van der Waals surface area contributed by atoms with Gasteiger partial charge in [-0.2, -0.15) is 0 Å². The van der Waals surface area contributed by atoms with Gasteiger partial charge < -0.3 is 15.1 Å². The maximum atomic E-state index is 12.3. The average Bonchev–Trinajstić information content (AvgIpc) is 2.39. The van der Waals surface area contributed by atoms with E-state index in [2.05, 4.69) is 17.3 Å². The molecule has 2 rings (SSSR count). The largest absolute Gasteiger partial charge is 0.341 e. The first-order valence-electron chi connectivity index (χ1n) is 7.40. The summed E-state index contributed by atoms with van der Waals surface area (Å²) in [4.78, 5) is 16.7. The van der Waals surface area contributed by atoms with Crippen molar-refractivity contribution in [2.24, 2.45) is 0 Å². The van der Waals surface area contributed by atoms with Crippen molar-refractivity contribution >= 4 is 5.91 Å². The first-order chi connectivity index (χ1) is 8.66. The van der Waals surface area contributed by atoms with E-state index >= 15 is 0 Å². The van der Waals surface area contributed by atoms with Crippen LogP contribution in [0.25, 0.3) is 0 Å². The Morgan fingerprint density at radius 3 is 2.56 bits per heavy atom. The van der Waals surface area contributed by atoms with Gasteiger partial charge in [-0.3, -0.25) is 4.79 Å². The van der Waals surface area contributed by atoms with Crippen LogP contribution in [0.3, 0.4) is 0 Å². The zero-order valence-corrected chi connectivity index (χ0v) is 11.8. The molecule has 2 heterocycles. The molecule has 4 nitrogen and oxygen atoms in total. The number of amides is 1. The number of carbonyl (C=O) groups excluding carboxylic acids is 1. The lowest BCUT2D eigenvalue weighted by Crippen LogP contribution is -2.53.